The maximum absolute atomic E-state index is 12.7. The average molecular weight is 321 g/mol. The summed E-state index contributed by atoms with van der Waals surface area (Å²) in [5, 5.41) is 10.2. The Morgan fingerprint density at radius 1 is 1.32 bits per heavy atom. The van der Waals surface area contributed by atoms with E-state index >= 15 is 0 Å². The lowest BCUT2D eigenvalue weighted by Crippen LogP contribution is -2.50. The number of methoxy groups -OCH3 is 1. The van der Waals surface area contributed by atoms with Crippen molar-refractivity contribution < 1.29 is 19.4 Å². The summed E-state index contributed by atoms with van der Waals surface area (Å²) < 4.78 is 6.19. The van der Waals surface area contributed by atoms with Gasteiger partial charge in [0, 0.05) is 11.7 Å². The number of carbonyl (C=O) groups is 2. The zero-order valence-electron chi connectivity index (χ0n) is 13.3. The summed E-state index contributed by atoms with van der Waals surface area (Å²) in [4.78, 5) is 25.8. The lowest BCUT2D eigenvalue weighted by Gasteiger charge is -2.31. The number of rotatable bonds is 4. The summed E-state index contributed by atoms with van der Waals surface area (Å²) in [6.45, 7) is 4.89. The van der Waals surface area contributed by atoms with E-state index in [0.717, 1.165) is 21.4 Å². The minimum absolute atomic E-state index is 0.287. The average Bonchev–Trinajstić information content (AvgIpc) is 2.82. The van der Waals surface area contributed by atoms with Crippen molar-refractivity contribution in [2.45, 2.75) is 26.3 Å². The Labute approximate surface area is 133 Å². The highest BCUT2D eigenvalue weighted by molar-refractivity contribution is 7.21. The predicted molar refractivity (Wildman–Crippen MR) is 86.9 cm³/mol. The molecule has 0 aliphatic heterocycles. The van der Waals surface area contributed by atoms with E-state index in [9.17, 15) is 14.7 Å². The Hall–Kier alpha value is -2.08. The zero-order chi connectivity index (χ0) is 16.7. The quantitative estimate of drug-likeness (QED) is 0.939. The number of carbonyl (C=O) groups excluding carboxylic acids is 1. The molecule has 0 radical (unpaired) electrons. The number of ether oxygens (including phenoxy) is 1. The molecule has 0 saturated carbocycles. The van der Waals surface area contributed by atoms with E-state index < -0.39 is 11.5 Å². The molecule has 2 rings (SSSR count). The van der Waals surface area contributed by atoms with Gasteiger partial charge in [-0.1, -0.05) is 0 Å². The molecule has 0 bridgehead atoms. The van der Waals surface area contributed by atoms with E-state index in [2.05, 4.69) is 0 Å². The van der Waals surface area contributed by atoms with Crippen molar-refractivity contribution in [2.75, 3.05) is 14.2 Å². The lowest BCUT2D eigenvalue weighted by molar-refractivity contribution is -0.147. The number of amides is 1. The lowest BCUT2D eigenvalue weighted by atomic mass is 10.0. The number of aliphatic carboxylic acids is 1. The van der Waals surface area contributed by atoms with Gasteiger partial charge in [0.1, 0.15) is 11.3 Å². The van der Waals surface area contributed by atoms with Gasteiger partial charge in [-0.2, -0.15) is 0 Å². The molecule has 6 heteroatoms. The fraction of sp³-hybridized carbons (Fsp3) is 0.375. The van der Waals surface area contributed by atoms with Crippen molar-refractivity contribution in [3.8, 4) is 5.75 Å². The molecule has 1 amide bonds. The first-order valence-corrected chi connectivity index (χ1v) is 7.60. The smallest absolute Gasteiger partial charge is 0.329 e. The third-order valence-corrected chi connectivity index (χ3v) is 5.26. The normalized spacial score (nSPS) is 11.5. The molecule has 1 heterocycles. The van der Waals surface area contributed by atoms with Crippen LogP contribution in [0.5, 0.6) is 5.75 Å². The van der Waals surface area contributed by atoms with Crippen LogP contribution in [0.15, 0.2) is 18.2 Å². The van der Waals surface area contributed by atoms with Crippen LogP contribution in [0.3, 0.4) is 0 Å². The van der Waals surface area contributed by atoms with E-state index in [4.69, 9.17) is 4.74 Å². The second-order valence-electron chi connectivity index (χ2n) is 5.65. The second-order valence-corrected chi connectivity index (χ2v) is 6.70. The molecule has 1 aromatic heterocycles. The van der Waals surface area contributed by atoms with Crippen LogP contribution in [0.25, 0.3) is 10.1 Å². The van der Waals surface area contributed by atoms with Gasteiger partial charge in [-0.05, 0) is 49.9 Å². The number of hydrogen-bond acceptors (Lipinski definition) is 4. The largest absolute Gasteiger partial charge is 0.497 e. The molecule has 5 nitrogen and oxygen atoms in total. The Morgan fingerprint density at radius 2 is 1.95 bits per heavy atom. The van der Waals surface area contributed by atoms with Crippen LogP contribution < -0.4 is 4.74 Å². The second kappa shape index (κ2) is 5.61. The standard InChI is InChI=1S/C16H19NO4S/c1-9-11-8-10(21-5)6-7-12(11)22-13(9)14(18)17(4)16(2,3)15(19)20/h6-8H,1-5H3,(H,19,20). The number of aryl methyl sites for hydroxylation is 1. The van der Waals surface area contributed by atoms with E-state index in [1.165, 1.54) is 37.1 Å². The van der Waals surface area contributed by atoms with Crippen LogP contribution in [0.2, 0.25) is 0 Å². The van der Waals surface area contributed by atoms with Crippen LogP contribution in [-0.4, -0.2) is 41.6 Å². The molecule has 0 aliphatic carbocycles. The van der Waals surface area contributed by atoms with Crippen molar-refractivity contribution in [3.05, 3.63) is 28.6 Å². The monoisotopic (exact) mass is 321 g/mol. The Kier molecular flexibility index (Phi) is 4.15. The molecular weight excluding hydrogens is 302 g/mol. The number of nitrogens with zero attached hydrogens (tertiary/aromatic N) is 1. The highest BCUT2D eigenvalue weighted by Gasteiger charge is 2.36. The van der Waals surface area contributed by atoms with Crippen molar-refractivity contribution in [1.82, 2.24) is 4.90 Å². The molecule has 1 N–H and O–H groups in total. The molecule has 1 aromatic carbocycles. The number of carboxylic acid groups (broad SMARTS) is 1. The minimum Gasteiger partial charge on any atom is -0.497 e. The van der Waals surface area contributed by atoms with Gasteiger partial charge < -0.3 is 14.7 Å². The number of carboxylic acids is 1. The Morgan fingerprint density at radius 3 is 2.50 bits per heavy atom. The summed E-state index contributed by atoms with van der Waals surface area (Å²) in [6.07, 6.45) is 0. The number of thiophene rings is 1. The van der Waals surface area contributed by atoms with Crippen molar-refractivity contribution in [1.29, 1.82) is 0 Å². The molecule has 0 spiro atoms. The molecule has 22 heavy (non-hydrogen) atoms. The maximum atomic E-state index is 12.7. The van der Waals surface area contributed by atoms with E-state index in [0.29, 0.717) is 4.88 Å². The van der Waals surface area contributed by atoms with Crippen LogP contribution in [0.4, 0.5) is 0 Å². The van der Waals surface area contributed by atoms with Crippen molar-refractivity contribution >= 4 is 33.3 Å². The fourth-order valence-electron chi connectivity index (χ4n) is 2.08. The first-order chi connectivity index (χ1) is 10.2. The van der Waals surface area contributed by atoms with Gasteiger partial charge in [-0.25, -0.2) is 4.79 Å². The molecule has 0 saturated heterocycles. The van der Waals surface area contributed by atoms with Crippen LogP contribution >= 0.6 is 11.3 Å². The number of benzene rings is 1. The summed E-state index contributed by atoms with van der Waals surface area (Å²) in [5.74, 6) is -0.597. The van der Waals surface area contributed by atoms with Crippen molar-refractivity contribution in [2.24, 2.45) is 0 Å². The number of hydrogen-bond donors (Lipinski definition) is 1. The fourth-order valence-corrected chi connectivity index (χ4v) is 3.25. The van der Waals surface area contributed by atoms with Gasteiger partial charge in [0.15, 0.2) is 0 Å². The van der Waals surface area contributed by atoms with Gasteiger partial charge >= 0.3 is 5.97 Å². The molecule has 0 fully saturated rings. The molecule has 118 valence electrons. The highest BCUT2D eigenvalue weighted by atomic mass is 32.1. The third kappa shape index (κ3) is 2.54. The first-order valence-electron chi connectivity index (χ1n) is 6.78. The molecule has 0 aliphatic rings. The maximum Gasteiger partial charge on any atom is 0.329 e. The van der Waals surface area contributed by atoms with Gasteiger partial charge in [0.25, 0.3) is 5.91 Å². The molecular formula is C16H19NO4S. The van der Waals surface area contributed by atoms with Crippen molar-refractivity contribution in [3.63, 3.8) is 0 Å². The zero-order valence-corrected chi connectivity index (χ0v) is 14.1. The minimum atomic E-state index is -1.27. The highest BCUT2D eigenvalue weighted by Crippen LogP contribution is 2.34. The van der Waals surface area contributed by atoms with Gasteiger partial charge in [-0.15, -0.1) is 11.3 Å². The molecule has 2 aromatic rings. The summed E-state index contributed by atoms with van der Waals surface area (Å²) in [6, 6.07) is 5.64. The molecule has 0 atom stereocenters. The summed E-state index contributed by atoms with van der Waals surface area (Å²) in [7, 11) is 3.11. The van der Waals surface area contributed by atoms with E-state index in [-0.39, 0.29) is 5.91 Å². The van der Waals surface area contributed by atoms with Gasteiger partial charge in [0.05, 0.1) is 12.0 Å². The Bertz CT molecular complexity index is 748. The van der Waals surface area contributed by atoms with E-state index in [1.54, 1.807) is 7.11 Å². The topological polar surface area (TPSA) is 66.8 Å². The van der Waals surface area contributed by atoms with Gasteiger partial charge in [-0.3, -0.25) is 4.79 Å². The van der Waals surface area contributed by atoms with Crippen LogP contribution in [0.1, 0.15) is 29.1 Å². The Balaban J connectivity index is 2.49. The SMILES string of the molecule is COc1ccc2sc(C(=O)N(C)C(C)(C)C(=O)O)c(C)c2c1. The van der Waals surface area contributed by atoms with Crippen LogP contribution in [-0.2, 0) is 4.79 Å². The predicted octanol–water partition coefficient (Wildman–Crippen LogP) is 3.15. The van der Waals surface area contributed by atoms with Gasteiger partial charge in [0.2, 0.25) is 0 Å². The summed E-state index contributed by atoms with van der Waals surface area (Å²) >= 11 is 1.37. The van der Waals surface area contributed by atoms with Crippen LogP contribution in [0, 0.1) is 6.92 Å². The van der Waals surface area contributed by atoms with E-state index in [1.807, 2.05) is 25.1 Å². The third-order valence-electron chi connectivity index (χ3n) is 4.00. The first kappa shape index (κ1) is 16.3. The molecule has 0 unspecified atom stereocenters. The summed E-state index contributed by atoms with van der Waals surface area (Å²) in [5.41, 5.74) is -0.422. The number of likely N-dealkylation sites (N-methyl/N-ethyl adjacent to an activating group) is 1. The number of fused-ring (bicyclic) bond motifs is 1.